The average Bonchev–Trinajstić information content (AvgIpc) is 3.33. The molecule has 0 amide bonds. The van der Waals surface area contributed by atoms with Gasteiger partial charge in [0.2, 0.25) is 5.95 Å². The minimum Gasteiger partial charge on any atom is -0.497 e. The van der Waals surface area contributed by atoms with E-state index in [0.717, 1.165) is 18.4 Å². The summed E-state index contributed by atoms with van der Waals surface area (Å²) in [6, 6.07) is 9.51. The summed E-state index contributed by atoms with van der Waals surface area (Å²) in [5.41, 5.74) is 1.09. The molecule has 1 fully saturated rings. The second kappa shape index (κ2) is 10.1. The maximum atomic E-state index is 13.4. The number of aromatic nitrogens is 2. The second-order valence-electron chi connectivity index (χ2n) is 7.66. The van der Waals surface area contributed by atoms with E-state index in [2.05, 4.69) is 9.97 Å². The summed E-state index contributed by atoms with van der Waals surface area (Å²) in [5, 5.41) is 9.51. The number of carboxylic acid groups (broad SMARTS) is 1. The number of benzene rings is 2. The molecule has 2 aromatic carbocycles. The highest BCUT2D eigenvalue weighted by atomic mass is 35.5. The van der Waals surface area contributed by atoms with Gasteiger partial charge in [-0.05, 0) is 37.1 Å². The van der Waals surface area contributed by atoms with Gasteiger partial charge in [0, 0.05) is 30.4 Å². The van der Waals surface area contributed by atoms with Crippen molar-refractivity contribution in [2.24, 2.45) is 0 Å². The Morgan fingerprint density at radius 3 is 2.71 bits per heavy atom. The molecule has 1 unspecified atom stereocenters. The Morgan fingerprint density at radius 2 is 2.00 bits per heavy atom. The molecule has 0 radical (unpaired) electrons. The number of nitrogens with zero attached hydrogens (tertiary/aromatic N) is 3. The molecule has 34 heavy (non-hydrogen) atoms. The highest BCUT2D eigenvalue weighted by Crippen LogP contribution is 2.40. The largest absolute Gasteiger partial charge is 0.497 e. The van der Waals surface area contributed by atoms with Crippen molar-refractivity contribution in [1.82, 2.24) is 9.97 Å². The zero-order valence-corrected chi connectivity index (χ0v) is 19.4. The molecule has 1 N–H and O–H groups in total. The predicted molar refractivity (Wildman–Crippen MR) is 124 cm³/mol. The van der Waals surface area contributed by atoms with Gasteiger partial charge >= 0.3 is 5.97 Å². The van der Waals surface area contributed by atoms with Gasteiger partial charge in [0.05, 0.1) is 31.0 Å². The number of ether oxygens (including phenoxy) is 3. The molecular weight excluding hydrogens is 465 g/mol. The van der Waals surface area contributed by atoms with E-state index >= 15 is 0 Å². The highest BCUT2D eigenvalue weighted by molar-refractivity contribution is 6.30. The Kier molecular flexibility index (Phi) is 7.02. The molecule has 1 aromatic heterocycles. The van der Waals surface area contributed by atoms with Crippen LogP contribution >= 0.6 is 11.6 Å². The lowest BCUT2D eigenvalue weighted by molar-refractivity contribution is 0.0692. The van der Waals surface area contributed by atoms with E-state index in [0.29, 0.717) is 29.7 Å². The van der Waals surface area contributed by atoms with Gasteiger partial charge in [-0.3, -0.25) is 0 Å². The predicted octanol–water partition coefficient (Wildman–Crippen LogP) is 4.91. The number of anilines is 1. The van der Waals surface area contributed by atoms with Crippen LogP contribution in [0.25, 0.3) is 0 Å². The summed E-state index contributed by atoms with van der Waals surface area (Å²) in [6.45, 7) is 0.545. The fraction of sp³-hybridized carbons (Fsp3) is 0.292. The molecule has 8 nitrogen and oxygen atoms in total. The molecule has 1 atom stereocenters. The van der Waals surface area contributed by atoms with Crippen molar-refractivity contribution in [3.05, 3.63) is 70.3 Å². The average molecular weight is 488 g/mol. The van der Waals surface area contributed by atoms with Crippen LogP contribution in [-0.2, 0) is 6.61 Å². The zero-order chi connectivity index (χ0) is 24.2. The van der Waals surface area contributed by atoms with Gasteiger partial charge in [0.1, 0.15) is 35.2 Å². The topological polar surface area (TPSA) is 94.0 Å². The molecule has 3 aromatic rings. The van der Waals surface area contributed by atoms with E-state index in [4.69, 9.17) is 25.8 Å². The molecule has 1 aliphatic heterocycles. The van der Waals surface area contributed by atoms with Crippen LogP contribution in [-0.4, -0.2) is 41.8 Å². The quantitative estimate of drug-likeness (QED) is 0.479. The molecular formula is C24H23ClFN3O5. The van der Waals surface area contributed by atoms with Crippen LogP contribution in [0.5, 0.6) is 17.2 Å². The first-order valence-corrected chi connectivity index (χ1v) is 10.9. The van der Waals surface area contributed by atoms with Crippen molar-refractivity contribution in [3.63, 3.8) is 0 Å². The third kappa shape index (κ3) is 4.84. The van der Waals surface area contributed by atoms with Crippen LogP contribution in [0.4, 0.5) is 10.3 Å². The molecule has 0 saturated carbocycles. The van der Waals surface area contributed by atoms with Crippen molar-refractivity contribution in [1.29, 1.82) is 0 Å². The summed E-state index contributed by atoms with van der Waals surface area (Å²) in [4.78, 5) is 22.6. The second-order valence-corrected chi connectivity index (χ2v) is 8.07. The lowest BCUT2D eigenvalue weighted by Gasteiger charge is -2.27. The van der Waals surface area contributed by atoms with Gasteiger partial charge in [-0.2, -0.15) is 0 Å². The van der Waals surface area contributed by atoms with Crippen molar-refractivity contribution in [3.8, 4) is 17.2 Å². The molecule has 10 heteroatoms. The van der Waals surface area contributed by atoms with Crippen molar-refractivity contribution in [2.75, 3.05) is 25.7 Å². The van der Waals surface area contributed by atoms with E-state index in [9.17, 15) is 14.3 Å². The Hall–Kier alpha value is -3.59. The van der Waals surface area contributed by atoms with E-state index in [-0.39, 0.29) is 28.9 Å². The zero-order valence-electron chi connectivity index (χ0n) is 18.6. The number of rotatable bonds is 8. The summed E-state index contributed by atoms with van der Waals surface area (Å²) in [6.07, 6.45) is 3.04. The number of halogens is 2. The first-order chi connectivity index (χ1) is 16.4. The van der Waals surface area contributed by atoms with Crippen molar-refractivity contribution < 1.29 is 28.5 Å². The molecule has 4 rings (SSSR count). The Balaban J connectivity index is 1.63. The highest BCUT2D eigenvalue weighted by Gasteiger charge is 2.31. The third-order valence-electron chi connectivity index (χ3n) is 5.66. The monoisotopic (exact) mass is 487 g/mol. The Morgan fingerprint density at radius 1 is 1.21 bits per heavy atom. The number of carboxylic acids is 1. The minimum absolute atomic E-state index is 0.0544. The molecule has 1 saturated heterocycles. The van der Waals surface area contributed by atoms with Gasteiger partial charge in [-0.1, -0.05) is 11.6 Å². The standard InChI is InChI=1S/C24H23ClFN3O5/c1-32-14-5-7-16(22(11-14)33-2)21-4-3-9-29(21)24-27-12-17(23(30)31)20(28-24)13-34-15-6-8-19(26)18(25)10-15/h5-8,10-12,21H,3-4,9,13H2,1-2H3,(H,30,31). The maximum Gasteiger partial charge on any atom is 0.339 e. The summed E-state index contributed by atoms with van der Waals surface area (Å²) in [5.74, 6) is 0.324. The van der Waals surface area contributed by atoms with Crippen molar-refractivity contribution in [2.45, 2.75) is 25.5 Å². The van der Waals surface area contributed by atoms with Crippen LogP contribution < -0.4 is 19.1 Å². The molecule has 2 heterocycles. The van der Waals surface area contributed by atoms with Gasteiger partial charge in [-0.25, -0.2) is 19.2 Å². The molecule has 178 valence electrons. The summed E-state index contributed by atoms with van der Waals surface area (Å²) >= 11 is 5.81. The minimum atomic E-state index is -1.17. The smallest absolute Gasteiger partial charge is 0.339 e. The molecule has 0 aliphatic carbocycles. The lowest BCUT2D eigenvalue weighted by Crippen LogP contribution is -2.26. The number of aromatic carboxylic acids is 1. The van der Waals surface area contributed by atoms with Crippen molar-refractivity contribution >= 4 is 23.5 Å². The lowest BCUT2D eigenvalue weighted by atomic mass is 10.0. The first kappa shape index (κ1) is 23.6. The number of hydrogen-bond donors (Lipinski definition) is 1. The SMILES string of the molecule is COc1ccc(C2CCCN2c2ncc(C(=O)O)c(COc3ccc(F)c(Cl)c3)n2)c(OC)c1. The summed E-state index contributed by atoms with van der Waals surface area (Å²) < 4.78 is 30.0. The molecule has 0 bridgehead atoms. The van der Waals surface area contributed by atoms with Gasteiger partial charge in [0.15, 0.2) is 0 Å². The van der Waals surface area contributed by atoms with Crippen LogP contribution in [0.3, 0.4) is 0 Å². The van der Waals surface area contributed by atoms with Gasteiger partial charge < -0.3 is 24.2 Å². The summed E-state index contributed by atoms with van der Waals surface area (Å²) in [7, 11) is 3.20. The normalized spacial score (nSPS) is 15.3. The molecule has 1 aliphatic rings. The van der Waals surface area contributed by atoms with Crippen LogP contribution in [0, 0.1) is 5.82 Å². The molecule has 0 spiro atoms. The van der Waals surface area contributed by atoms with Crippen LogP contribution in [0.1, 0.15) is 40.5 Å². The fourth-order valence-electron chi connectivity index (χ4n) is 3.98. The maximum absolute atomic E-state index is 13.4. The van der Waals surface area contributed by atoms with E-state index in [1.807, 2.05) is 23.1 Å². The van der Waals surface area contributed by atoms with Crippen LogP contribution in [0.15, 0.2) is 42.6 Å². The number of hydrogen-bond acceptors (Lipinski definition) is 7. The number of methoxy groups -OCH3 is 2. The Labute approximate surface area is 200 Å². The number of carbonyl (C=O) groups is 1. The Bertz CT molecular complexity index is 1210. The third-order valence-corrected chi connectivity index (χ3v) is 5.95. The fourth-order valence-corrected chi connectivity index (χ4v) is 4.15. The van der Waals surface area contributed by atoms with E-state index in [1.54, 1.807) is 14.2 Å². The van der Waals surface area contributed by atoms with Gasteiger partial charge in [0.25, 0.3) is 0 Å². The van der Waals surface area contributed by atoms with Gasteiger partial charge in [-0.15, -0.1) is 0 Å². The van der Waals surface area contributed by atoms with E-state index in [1.165, 1.54) is 24.4 Å². The van der Waals surface area contributed by atoms with E-state index < -0.39 is 11.8 Å². The van der Waals surface area contributed by atoms with Crippen LogP contribution in [0.2, 0.25) is 5.02 Å². The first-order valence-electron chi connectivity index (χ1n) is 10.6.